The molecule has 0 atom stereocenters. The molecule has 0 spiro atoms. The summed E-state index contributed by atoms with van der Waals surface area (Å²) >= 11 is 3.45. The van der Waals surface area contributed by atoms with E-state index in [0.717, 1.165) is 10.2 Å². The van der Waals surface area contributed by atoms with E-state index in [1.165, 1.54) is 5.56 Å². The first-order valence-corrected chi connectivity index (χ1v) is 4.47. The summed E-state index contributed by atoms with van der Waals surface area (Å²) in [5, 5.41) is 3.11. The summed E-state index contributed by atoms with van der Waals surface area (Å²) < 4.78 is 1.05. The van der Waals surface area contributed by atoms with Gasteiger partial charge >= 0.3 is 0 Å². The van der Waals surface area contributed by atoms with Gasteiger partial charge in [-0.3, -0.25) is 5.84 Å². The van der Waals surface area contributed by atoms with Gasteiger partial charge in [0.15, 0.2) is 0 Å². The Bertz CT molecular complexity index is 262. The fourth-order valence-corrected chi connectivity index (χ4v) is 1.54. The normalized spacial score (nSPS) is 9.92. The van der Waals surface area contributed by atoms with E-state index in [1.54, 1.807) is 0 Å². The smallest absolute Gasteiger partial charge is 0.0781 e. The molecule has 0 bridgehead atoms. The molecule has 0 saturated carbocycles. The van der Waals surface area contributed by atoms with Crippen LogP contribution in [0, 0.1) is 6.92 Å². The van der Waals surface area contributed by atoms with E-state index in [-0.39, 0.29) is 0 Å². The first-order valence-electron chi connectivity index (χ1n) is 3.67. The molecule has 0 aliphatic heterocycles. The predicted molar refractivity (Wildman–Crippen MR) is 54.7 cm³/mol. The van der Waals surface area contributed by atoms with Crippen LogP contribution in [0.4, 0.5) is 5.69 Å². The average molecular weight is 230 g/mol. The van der Waals surface area contributed by atoms with Crippen LogP contribution >= 0.6 is 15.9 Å². The Morgan fingerprint density at radius 1 is 1.50 bits per heavy atom. The monoisotopic (exact) mass is 229 g/mol. The summed E-state index contributed by atoms with van der Waals surface area (Å²) in [7, 11) is 0. The first-order chi connectivity index (χ1) is 5.74. The molecule has 1 aromatic rings. The number of hydrogen-bond donors (Lipinski definition) is 3. The lowest BCUT2D eigenvalue weighted by atomic mass is 10.2. The summed E-state index contributed by atoms with van der Waals surface area (Å²) in [4.78, 5) is 0. The third-order valence-electron chi connectivity index (χ3n) is 1.51. The highest BCUT2D eigenvalue weighted by molar-refractivity contribution is 9.10. The van der Waals surface area contributed by atoms with Crippen molar-refractivity contribution in [2.75, 3.05) is 12.0 Å². The molecule has 0 aliphatic rings. The van der Waals surface area contributed by atoms with Crippen molar-refractivity contribution in [1.82, 2.24) is 5.43 Å². The van der Waals surface area contributed by atoms with Crippen molar-refractivity contribution in [3.63, 3.8) is 0 Å². The van der Waals surface area contributed by atoms with Gasteiger partial charge < -0.3 is 5.32 Å². The highest BCUT2D eigenvalue weighted by Crippen LogP contribution is 2.22. The number of hydrazine groups is 1. The molecule has 0 radical (unpaired) electrons. The van der Waals surface area contributed by atoms with Crippen molar-refractivity contribution < 1.29 is 0 Å². The molecule has 0 saturated heterocycles. The summed E-state index contributed by atoms with van der Waals surface area (Å²) in [6.45, 7) is 2.61. The SMILES string of the molecule is Cc1ccc(NCNN)c(Br)c1. The molecule has 4 N–H and O–H groups in total. The summed E-state index contributed by atoms with van der Waals surface area (Å²) in [6.07, 6.45) is 0. The molecule has 4 heteroatoms. The molecule has 0 fully saturated rings. The highest BCUT2D eigenvalue weighted by atomic mass is 79.9. The molecular weight excluding hydrogens is 218 g/mol. The number of nitrogens with one attached hydrogen (secondary N) is 2. The molecule has 12 heavy (non-hydrogen) atoms. The minimum Gasteiger partial charge on any atom is -0.370 e. The highest BCUT2D eigenvalue weighted by Gasteiger charge is 1.96. The van der Waals surface area contributed by atoms with Crippen molar-refractivity contribution in [3.8, 4) is 0 Å². The second-order valence-electron chi connectivity index (χ2n) is 2.54. The minimum atomic E-state index is 0.557. The zero-order valence-corrected chi connectivity index (χ0v) is 8.48. The van der Waals surface area contributed by atoms with Crippen LogP contribution in [-0.4, -0.2) is 6.67 Å². The molecular formula is C8H12BrN3. The molecule has 1 rings (SSSR count). The minimum absolute atomic E-state index is 0.557. The number of rotatable bonds is 3. The van der Waals surface area contributed by atoms with Gasteiger partial charge in [-0.2, -0.15) is 0 Å². The molecule has 0 amide bonds. The average Bonchev–Trinajstić information content (AvgIpc) is 2.03. The molecule has 1 aromatic carbocycles. The van der Waals surface area contributed by atoms with Crippen molar-refractivity contribution in [1.29, 1.82) is 0 Å². The van der Waals surface area contributed by atoms with E-state index in [9.17, 15) is 0 Å². The predicted octanol–water partition coefficient (Wildman–Crippen LogP) is 1.59. The lowest BCUT2D eigenvalue weighted by molar-refractivity contribution is 0.790. The fourth-order valence-electron chi connectivity index (χ4n) is 0.910. The van der Waals surface area contributed by atoms with Gasteiger partial charge in [0, 0.05) is 10.2 Å². The zero-order chi connectivity index (χ0) is 8.97. The van der Waals surface area contributed by atoms with Crippen LogP contribution < -0.4 is 16.6 Å². The topological polar surface area (TPSA) is 50.1 Å². The van der Waals surface area contributed by atoms with E-state index in [0.29, 0.717) is 6.67 Å². The van der Waals surface area contributed by atoms with Gasteiger partial charge in [0.1, 0.15) is 0 Å². The van der Waals surface area contributed by atoms with Crippen molar-refractivity contribution >= 4 is 21.6 Å². The van der Waals surface area contributed by atoms with Crippen molar-refractivity contribution in [2.45, 2.75) is 6.92 Å². The Morgan fingerprint density at radius 2 is 2.25 bits per heavy atom. The third kappa shape index (κ3) is 2.48. The maximum absolute atomic E-state index is 5.13. The van der Waals surface area contributed by atoms with Gasteiger partial charge in [-0.05, 0) is 40.5 Å². The summed E-state index contributed by atoms with van der Waals surface area (Å²) in [5.41, 5.74) is 4.80. The van der Waals surface area contributed by atoms with E-state index < -0.39 is 0 Å². The van der Waals surface area contributed by atoms with Crippen LogP contribution in [0.3, 0.4) is 0 Å². The van der Waals surface area contributed by atoms with Crippen LogP contribution in [0.25, 0.3) is 0 Å². The van der Waals surface area contributed by atoms with E-state index in [4.69, 9.17) is 5.84 Å². The van der Waals surface area contributed by atoms with Crippen LogP contribution in [-0.2, 0) is 0 Å². The number of anilines is 1. The molecule has 0 unspecified atom stereocenters. The van der Waals surface area contributed by atoms with Crippen LogP contribution in [0.5, 0.6) is 0 Å². The third-order valence-corrected chi connectivity index (χ3v) is 2.16. The standard InChI is InChI=1S/C8H12BrN3/c1-6-2-3-8(7(9)4-6)11-5-12-10/h2-4,11-12H,5,10H2,1H3. The Balaban J connectivity index is 2.72. The van der Waals surface area contributed by atoms with Crippen molar-refractivity contribution in [2.24, 2.45) is 5.84 Å². The number of hydrogen-bond acceptors (Lipinski definition) is 3. The van der Waals surface area contributed by atoms with E-state index >= 15 is 0 Å². The van der Waals surface area contributed by atoms with Gasteiger partial charge in [-0.25, -0.2) is 5.43 Å². The van der Waals surface area contributed by atoms with E-state index in [2.05, 4.69) is 39.7 Å². The second-order valence-corrected chi connectivity index (χ2v) is 3.40. The number of benzene rings is 1. The fraction of sp³-hybridized carbons (Fsp3) is 0.250. The van der Waals surface area contributed by atoms with Crippen molar-refractivity contribution in [3.05, 3.63) is 28.2 Å². The van der Waals surface area contributed by atoms with Gasteiger partial charge in [0.05, 0.1) is 6.67 Å². The Morgan fingerprint density at radius 3 is 2.83 bits per heavy atom. The molecule has 0 aliphatic carbocycles. The largest absolute Gasteiger partial charge is 0.370 e. The Labute approximate surface area is 80.4 Å². The van der Waals surface area contributed by atoms with Crippen LogP contribution in [0.1, 0.15) is 5.56 Å². The van der Waals surface area contributed by atoms with Crippen LogP contribution in [0.2, 0.25) is 0 Å². The lowest BCUT2D eigenvalue weighted by Gasteiger charge is -2.07. The molecule has 3 nitrogen and oxygen atoms in total. The summed E-state index contributed by atoms with van der Waals surface area (Å²) in [6, 6.07) is 6.11. The molecule has 66 valence electrons. The second kappa shape index (κ2) is 4.45. The van der Waals surface area contributed by atoms with Gasteiger partial charge in [-0.15, -0.1) is 0 Å². The van der Waals surface area contributed by atoms with Gasteiger partial charge in [-0.1, -0.05) is 6.07 Å². The first kappa shape index (κ1) is 9.51. The maximum atomic E-state index is 5.13. The molecule has 0 heterocycles. The lowest BCUT2D eigenvalue weighted by Crippen LogP contribution is -2.28. The number of halogens is 1. The quantitative estimate of drug-likeness (QED) is 0.420. The van der Waals surface area contributed by atoms with E-state index in [1.807, 2.05) is 12.1 Å². The maximum Gasteiger partial charge on any atom is 0.0781 e. The Kier molecular flexibility index (Phi) is 3.52. The van der Waals surface area contributed by atoms with Gasteiger partial charge in [0.2, 0.25) is 0 Å². The number of aryl methyl sites for hydroxylation is 1. The number of nitrogens with two attached hydrogens (primary N) is 1. The summed E-state index contributed by atoms with van der Waals surface area (Å²) in [5.74, 6) is 5.13. The Hall–Kier alpha value is -0.580. The molecule has 0 aromatic heterocycles. The van der Waals surface area contributed by atoms with Crippen LogP contribution in [0.15, 0.2) is 22.7 Å². The zero-order valence-electron chi connectivity index (χ0n) is 6.89. The van der Waals surface area contributed by atoms with Gasteiger partial charge in [0.25, 0.3) is 0 Å².